The fraction of sp³-hybridized carbons (Fsp3) is 0.611. The van der Waals surface area contributed by atoms with Crippen molar-refractivity contribution in [1.29, 1.82) is 0 Å². The lowest BCUT2D eigenvalue weighted by atomic mass is 10.1. The first-order chi connectivity index (χ1) is 11.5. The van der Waals surface area contributed by atoms with Crippen LogP contribution in [0.25, 0.3) is 0 Å². The van der Waals surface area contributed by atoms with Gasteiger partial charge in [-0.3, -0.25) is 4.79 Å². The lowest BCUT2D eigenvalue weighted by Crippen LogP contribution is -2.37. The Morgan fingerprint density at radius 3 is 2.75 bits per heavy atom. The summed E-state index contributed by atoms with van der Waals surface area (Å²) < 4.78 is 26.5. The second kappa shape index (κ2) is 9.69. The van der Waals surface area contributed by atoms with Crippen LogP contribution in [0.4, 0.5) is 8.78 Å². The molecular weight excluding hydrogens is 314 g/mol. The number of carbonyl (C=O) groups excluding carboxylic acids is 1. The molecule has 1 aromatic carbocycles. The van der Waals surface area contributed by atoms with Gasteiger partial charge in [-0.1, -0.05) is 0 Å². The number of likely N-dealkylation sites (tertiary alicyclic amines) is 1. The third-order valence-electron chi connectivity index (χ3n) is 4.39. The number of piperidine rings is 1. The van der Waals surface area contributed by atoms with Crippen molar-refractivity contribution >= 4 is 5.91 Å². The van der Waals surface area contributed by atoms with Crippen molar-refractivity contribution < 1.29 is 18.7 Å². The summed E-state index contributed by atoms with van der Waals surface area (Å²) in [7, 11) is 0. The van der Waals surface area contributed by atoms with Gasteiger partial charge in [0.05, 0.1) is 6.10 Å². The number of aliphatic hydroxyl groups excluding tert-OH is 1. The lowest BCUT2D eigenvalue weighted by molar-refractivity contribution is -0.121. The quantitative estimate of drug-likeness (QED) is 0.714. The number of aliphatic hydroxyl groups is 1. The third-order valence-corrected chi connectivity index (χ3v) is 4.39. The van der Waals surface area contributed by atoms with E-state index < -0.39 is 11.6 Å². The highest BCUT2D eigenvalue weighted by molar-refractivity contribution is 5.75. The fourth-order valence-corrected chi connectivity index (χ4v) is 2.94. The van der Waals surface area contributed by atoms with E-state index in [2.05, 4.69) is 10.2 Å². The standard InChI is InChI=1S/C18H26F2N2O2/c19-15-5-6-17(20)14(13-15)3-1-4-18(24)21-9-2-10-22-11-7-16(23)8-12-22/h5-6,13,16,23H,1-4,7-12H2,(H,21,24). The molecule has 6 heteroatoms. The van der Waals surface area contributed by atoms with E-state index in [1.54, 1.807) is 0 Å². The molecule has 1 aliphatic rings. The van der Waals surface area contributed by atoms with Gasteiger partial charge < -0.3 is 15.3 Å². The number of nitrogens with one attached hydrogen (secondary N) is 1. The van der Waals surface area contributed by atoms with Crippen LogP contribution in [0.2, 0.25) is 0 Å². The molecule has 4 nitrogen and oxygen atoms in total. The number of amides is 1. The van der Waals surface area contributed by atoms with Crippen molar-refractivity contribution in [2.75, 3.05) is 26.2 Å². The van der Waals surface area contributed by atoms with Gasteiger partial charge >= 0.3 is 0 Å². The Balaban J connectivity index is 1.54. The second-order valence-corrected chi connectivity index (χ2v) is 6.37. The number of halogens is 2. The van der Waals surface area contributed by atoms with Crippen LogP contribution in [-0.4, -0.2) is 48.2 Å². The zero-order valence-electron chi connectivity index (χ0n) is 13.9. The molecule has 1 fully saturated rings. The molecule has 1 amide bonds. The van der Waals surface area contributed by atoms with E-state index in [1.165, 1.54) is 6.07 Å². The van der Waals surface area contributed by atoms with Gasteiger partial charge in [0.25, 0.3) is 0 Å². The van der Waals surface area contributed by atoms with Crippen LogP contribution in [0.3, 0.4) is 0 Å². The van der Waals surface area contributed by atoms with E-state index in [0.29, 0.717) is 31.4 Å². The number of rotatable bonds is 8. The number of aryl methyl sites for hydroxylation is 1. The first-order valence-corrected chi connectivity index (χ1v) is 8.65. The van der Waals surface area contributed by atoms with E-state index in [-0.39, 0.29) is 12.0 Å². The second-order valence-electron chi connectivity index (χ2n) is 6.37. The van der Waals surface area contributed by atoms with Gasteiger partial charge in [0.15, 0.2) is 0 Å². The number of benzene rings is 1. The largest absolute Gasteiger partial charge is 0.393 e. The average molecular weight is 340 g/mol. The minimum atomic E-state index is -0.457. The maximum atomic E-state index is 13.5. The number of hydrogen-bond donors (Lipinski definition) is 2. The summed E-state index contributed by atoms with van der Waals surface area (Å²) in [5.74, 6) is -0.939. The SMILES string of the molecule is O=C(CCCc1cc(F)ccc1F)NCCCN1CCC(O)CC1. The van der Waals surface area contributed by atoms with Crippen molar-refractivity contribution in [3.05, 3.63) is 35.4 Å². The Morgan fingerprint density at radius 2 is 2.00 bits per heavy atom. The summed E-state index contributed by atoms with van der Waals surface area (Å²) >= 11 is 0. The molecule has 24 heavy (non-hydrogen) atoms. The lowest BCUT2D eigenvalue weighted by Gasteiger charge is -2.29. The first-order valence-electron chi connectivity index (χ1n) is 8.65. The Morgan fingerprint density at radius 1 is 1.25 bits per heavy atom. The maximum absolute atomic E-state index is 13.5. The van der Waals surface area contributed by atoms with Gasteiger partial charge in [-0.05, 0) is 62.4 Å². The van der Waals surface area contributed by atoms with E-state index in [0.717, 1.165) is 51.0 Å². The predicted octanol–water partition coefficient (Wildman–Crippen LogP) is 2.25. The first kappa shape index (κ1) is 18.8. The monoisotopic (exact) mass is 340 g/mol. The number of carbonyl (C=O) groups is 1. The Bertz CT molecular complexity index is 532. The van der Waals surface area contributed by atoms with Crippen molar-refractivity contribution in [3.8, 4) is 0 Å². The van der Waals surface area contributed by atoms with Crippen molar-refractivity contribution in [2.24, 2.45) is 0 Å². The van der Waals surface area contributed by atoms with Crippen LogP contribution in [0, 0.1) is 11.6 Å². The summed E-state index contributed by atoms with van der Waals surface area (Å²) in [5.41, 5.74) is 0.315. The van der Waals surface area contributed by atoms with Gasteiger partial charge in [0, 0.05) is 26.1 Å². The zero-order chi connectivity index (χ0) is 17.4. The molecule has 0 radical (unpaired) electrons. The van der Waals surface area contributed by atoms with Gasteiger partial charge in [0.2, 0.25) is 5.91 Å². The van der Waals surface area contributed by atoms with Crippen LogP contribution >= 0.6 is 0 Å². The fourth-order valence-electron chi connectivity index (χ4n) is 2.94. The summed E-state index contributed by atoms with van der Waals surface area (Å²) in [6, 6.07) is 3.39. The molecule has 2 N–H and O–H groups in total. The van der Waals surface area contributed by atoms with Crippen LogP contribution in [-0.2, 0) is 11.2 Å². The Labute approximate surface area is 141 Å². The molecule has 2 rings (SSSR count). The predicted molar refractivity (Wildman–Crippen MR) is 88.6 cm³/mol. The molecular formula is C18H26F2N2O2. The smallest absolute Gasteiger partial charge is 0.220 e. The highest BCUT2D eigenvalue weighted by Crippen LogP contribution is 2.13. The van der Waals surface area contributed by atoms with Gasteiger partial charge in [-0.15, -0.1) is 0 Å². The molecule has 134 valence electrons. The molecule has 1 heterocycles. The van der Waals surface area contributed by atoms with Crippen molar-refractivity contribution in [2.45, 2.75) is 44.6 Å². The average Bonchev–Trinajstić information content (AvgIpc) is 2.56. The molecule has 1 aliphatic heterocycles. The minimum Gasteiger partial charge on any atom is -0.393 e. The molecule has 1 aromatic rings. The van der Waals surface area contributed by atoms with Crippen LogP contribution in [0.15, 0.2) is 18.2 Å². The summed E-state index contributed by atoms with van der Waals surface area (Å²) in [4.78, 5) is 14.1. The maximum Gasteiger partial charge on any atom is 0.220 e. The number of hydrogen-bond acceptors (Lipinski definition) is 3. The molecule has 0 atom stereocenters. The van der Waals surface area contributed by atoms with Gasteiger partial charge in [-0.2, -0.15) is 0 Å². The molecule has 0 saturated carbocycles. The highest BCUT2D eigenvalue weighted by Gasteiger charge is 2.16. The molecule has 1 saturated heterocycles. The molecule has 0 aromatic heterocycles. The van der Waals surface area contributed by atoms with Crippen LogP contribution < -0.4 is 5.32 Å². The van der Waals surface area contributed by atoms with Crippen molar-refractivity contribution in [1.82, 2.24) is 10.2 Å². The van der Waals surface area contributed by atoms with Crippen LogP contribution in [0.5, 0.6) is 0 Å². The topological polar surface area (TPSA) is 52.6 Å². The van der Waals surface area contributed by atoms with E-state index in [1.807, 2.05) is 0 Å². The van der Waals surface area contributed by atoms with Gasteiger partial charge in [0.1, 0.15) is 11.6 Å². The third kappa shape index (κ3) is 6.53. The summed E-state index contributed by atoms with van der Waals surface area (Å²) in [5, 5.41) is 12.3. The van der Waals surface area contributed by atoms with Crippen LogP contribution in [0.1, 0.15) is 37.7 Å². The molecule has 0 aliphatic carbocycles. The van der Waals surface area contributed by atoms with E-state index in [4.69, 9.17) is 0 Å². The zero-order valence-corrected chi connectivity index (χ0v) is 13.9. The van der Waals surface area contributed by atoms with Crippen molar-refractivity contribution in [3.63, 3.8) is 0 Å². The molecule has 0 unspecified atom stereocenters. The minimum absolute atomic E-state index is 0.0547. The molecule has 0 spiro atoms. The Kier molecular flexibility index (Phi) is 7.59. The van der Waals surface area contributed by atoms with Gasteiger partial charge in [-0.25, -0.2) is 8.78 Å². The normalized spacial score (nSPS) is 16.3. The van der Waals surface area contributed by atoms with E-state index in [9.17, 15) is 18.7 Å². The molecule has 0 bridgehead atoms. The number of nitrogens with zero attached hydrogens (tertiary/aromatic N) is 1. The summed E-state index contributed by atoms with van der Waals surface area (Å²) in [6.07, 6.45) is 3.52. The van der Waals surface area contributed by atoms with E-state index >= 15 is 0 Å². The highest BCUT2D eigenvalue weighted by atomic mass is 19.1. The summed E-state index contributed by atoms with van der Waals surface area (Å²) in [6.45, 7) is 3.36. The Hall–Kier alpha value is -1.53.